The van der Waals surface area contributed by atoms with Crippen molar-refractivity contribution in [3.05, 3.63) is 48.3 Å². The van der Waals surface area contributed by atoms with Gasteiger partial charge in [0.15, 0.2) is 5.65 Å². The number of carbonyl (C=O) groups is 1. The van der Waals surface area contributed by atoms with E-state index in [2.05, 4.69) is 20.7 Å². The summed E-state index contributed by atoms with van der Waals surface area (Å²) in [7, 11) is 0. The number of benzene rings is 1. The standard InChI is InChI=1S/C20H23N5O2/c1-2-25-19-16(13-22-25)18(23-15-8-10-27-11-9-15)17(12-21-19)20(26)24-14-6-4-3-5-7-14/h3-7,12-13,15H,2,8-11H2,1H3,(H,21,23)(H,24,26). The molecule has 7 heteroatoms. The molecule has 0 unspecified atom stereocenters. The van der Waals surface area contributed by atoms with Crippen LogP contribution in [-0.4, -0.2) is 39.9 Å². The van der Waals surface area contributed by atoms with Crippen LogP contribution in [-0.2, 0) is 11.3 Å². The number of hydrogen-bond donors (Lipinski definition) is 2. The SMILES string of the molecule is CCn1ncc2c(NC3CCOCC3)c(C(=O)Nc3ccccc3)cnc21. The monoisotopic (exact) mass is 365 g/mol. The van der Waals surface area contributed by atoms with Gasteiger partial charge in [0.2, 0.25) is 0 Å². The summed E-state index contributed by atoms with van der Waals surface area (Å²) < 4.78 is 7.29. The minimum atomic E-state index is -0.186. The Morgan fingerprint density at radius 1 is 1.22 bits per heavy atom. The zero-order chi connectivity index (χ0) is 18.6. The molecule has 7 nitrogen and oxygen atoms in total. The molecule has 27 heavy (non-hydrogen) atoms. The van der Waals surface area contributed by atoms with Crippen LogP contribution in [0.3, 0.4) is 0 Å². The van der Waals surface area contributed by atoms with Crippen molar-refractivity contribution in [3.8, 4) is 0 Å². The number of hydrogen-bond acceptors (Lipinski definition) is 5. The van der Waals surface area contributed by atoms with Crippen molar-refractivity contribution in [1.29, 1.82) is 0 Å². The van der Waals surface area contributed by atoms with Gasteiger partial charge in [-0.2, -0.15) is 5.10 Å². The van der Waals surface area contributed by atoms with Crippen molar-refractivity contribution >= 4 is 28.3 Å². The molecule has 0 saturated carbocycles. The quantitative estimate of drug-likeness (QED) is 0.725. The Hall–Kier alpha value is -2.93. The molecule has 3 aromatic rings. The summed E-state index contributed by atoms with van der Waals surface area (Å²) in [6, 6.07) is 9.69. The van der Waals surface area contributed by atoms with Crippen molar-refractivity contribution in [2.24, 2.45) is 0 Å². The zero-order valence-corrected chi connectivity index (χ0v) is 15.3. The summed E-state index contributed by atoms with van der Waals surface area (Å²) >= 11 is 0. The molecule has 0 aliphatic carbocycles. The van der Waals surface area contributed by atoms with Gasteiger partial charge in [0.25, 0.3) is 5.91 Å². The van der Waals surface area contributed by atoms with Crippen LogP contribution in [0.4, 0.5) is 11.4 Å². The van der Waals surface area contributed by atoms with E-state index in [0.29, 0.717) is 5.56 Å². The molecular formula is C20H23N5O2. The van der Waals surface area contributed by atoms with Gasteiger partial charge in [-0.3, -0.25) is 4.79 Å². The lowest BCUT2D eigenvalue weighted by Crippen LogP contribution is -2.29. The minimum Gasteiger partial charge on any atom is -0.381 e. The average molecular weight is 365 g/mol. The van der Waals surface area contributed by atoms with Gasteiger partial charge in [-0.05, 0) is 31.9 Å². The molecule has 2 N–H and O–H groups in total. The number of nitrogens with zero attached hydrogens (tertiary/aromatic N) is 3. The number of nitrogens with one attached hydrogen (secondary N) is 2. The van der Waals surface area contributed by atoms with Crippen molar-refractivity contribution in [1.82, 2.24) is 14.8 Å². The molecule has 2 aromatic heterocycles. The third-order valence-corrected chi connectivity index (χ3v) is 4.81. The molecular weight excluding hydrogens is 342 g/mol. The second kappa shape index (κ2) is 7.75. The molecule has 4 rings (SSSR count). The Labute approximate surface area is 157 Å². The highest BCUT2D eigenvalue weighted by molar-refractivity contribution is 6.12. The van der Waals surface area contributed by atoms with E-state index in [4.69, 9.17) is 4.74 Å². The van der Waals surface area contributed by atoms with Gasteiger partial charge >= 0.3 is 0 Å². The summed E-state index contributed by atoms with van der Waals surface area (Å²) in [6.07, 6.45) is 5.24. The number of amides is 1. The average Bonchev–Trinajstić information content (AvgIpc) is 3.13. The maximum atomic E-state index is 13.0. The van der Waals surface area contributed by atoms with E-state index in [1.165, 1.54) is 0 Å². The third-order valence-electron chi connectivity index (χ3n) is 4.81. The molecule has 140 valence electrons. The second-order valence-electron chi connectivity index (χ2n) is 6.60. The van der Waals surface area contributed by atoms with Crippen LogP contribution in [0.25, 0.3) is 11.0 Å². The van der Waals surface area contributed by atoms with E-state index in [1.54, 1.807) is 12.4 Å². The van der Waals surface area contributed by atoms with Gasteiger partial charge in [-0.1, -0.05) is 18.2 Å². The fourth-order valence-corrected chi connectivity index (χ4v) is 3.35. The summed E-state index contributed by atoms with van der Waals surface area (Å²) in [4.78, 5) is 17.5. The van der Waals surface area contributed by atoms with E-state index in [-0.39, 0.29) is 11.9 Å². The number of para-hydroxylation sites is 1. The van der Waals surface area contributed by atoms with Crippen molar-refractivity contribution in [3.63, 3.8) is 0 Å². The highest BCUT2D eigenvalue weighted by atomic mass is 16.5. The molecule has 0 bridgehead atoms. The smallest absolute Gasteiger partial charge is 0.259 e. The maximum Gasteiger partial charge on any atom is 0.259 e. The first kappa shape index (κ1) is 17.5. The summed E-state index contributed by atoms with van der Waals surface area (Å²) in [5.74, 6) is -0.186. The Morgan fingerprint density at radius 2 is 2.00 bits per heavy atom. The number of anilines is 2. The van der Waals surface area contributed by atoms with E-state index in [1.807, 2.05) is 41.9 Å². The number of aromatic nitrogens is 3. The third kappa shape index (κ3) is 3.64. The minimum absolute atomic E-state index is 0.186. The molecule has 3 heterocycles. The van der Waals surface area contributed by atoms with Crippen LogP contribution in [0.1, 0.15) is 30.1 Å². The molecule has 1 aromatic carbocycles. The van der Waals surface area contributed by atoms with E-state index in [0.717, 1.165) is 55.0 Å². The first-order chi connectivity index (χ1) is 13.3. The topological polar surface area (TPSA) is 81.1 Å². The Bertz CT molecular complexity index is 932. The molecule has 0 spiro atoms. The molecule has 0 atom stereocenters. The number of aryl methyl sites for hydroxylation is 1. The molecule has 1 aliphatic heterocycles. The second-order valence-corrected chi connectivity index (χ2v) is 6.60. The Kier molecular flexibility index (Phi) is 5.02. The zero-order valence-electron chi connectivity index (χ0n) is 15.3. The first-order valence-electron chi connectivity index (χ1n) is 9.31. The summed E-state index contributed by atoms with van der Waals surface area (Å²) in [5, 5.41) is 11.8. The Balaban J connectivity index is 1.71. The lowest BCUT2D eigenvalue weighted by atomic mass is 10.1. The number of rotatable bonds is 5. The van der Waals surface area contributed by atoms with Crippen molar-refractivity contribution in [2.45, 2.75) is 32.4 Å². The van der Waals surface area contributed by atoms with Gasteiger partial charge in [0.05, 0.1) is 22.8 Å². The van der Waals surface area contributed by atoms with Gasteiger partial charge in [-0.15, -0.1) is 0 Å². The highest BCUT2D eigenvalue weighted by Gasteiger charge is 2.22. The lowest BCUT2D eigenvalue weighted by molar-refractivity contribution is 0.0904. The van der Waals surface area contributed by atoms with Gasteiger partial charge in [0, 0.05) is 37.7 Å². The first-order valence-corrected chi connectivity index (χ1v) is 9.31. The molecule has 1 amide bonds. The Morgan fingerprint density at radius 3 is 2.74 bits per heavy atom. The van der Waals surface area contributed by atoms with E-state index in [9.17, 15) is 4.79 Å². The number of pyridine rings is 1. The predicted molar refractivity (Wildman–Crippen MR) is 105 cm³/mol. The van der Waals surface area contributed by atoms with Crippen LogP contribution in [0.5, 0.6) is 0 Å². The summed E-state index contributed by atoms with van der Waals surface area (Å²) in [5.41, 5.74) is 2.85. The van der Waals surface area contributed by atoms with E-state index < -0.39 is 0 Å². The van der Waals surface area contributed by atoms with Crippen LogP contribution < -0.4 is 10.6 Å². The maximum absolute atomic E-state index is 13.0. The lowest BCUT2D eigenvalue weighted by Gasteiger charge is -2.25. The fourth-order valence-electron chi connectivity index (χ4n) is 3.35. The fraction of sp³-hybridized carbons (Fsp3) is 0.350. The predicted octanol–water partition coefficient (Wildman–Crippen LogP) is 3.29. The molecule has 1 aliphatic rings. The van der Waals surface area contributed by atoms with Gasteiger partial charge < -0.3 is 15.4 Å². The number of fused-ring (bicyclic) bond motifs is 1. The van der Waals surface area contributed by atoms with Crippen LogP contribution in [0.15, 0.2) is 42.7 Å². The van der Waals surface area contributed by atoms with Crippen LogP contribution in [0, 0.1) is 0 Å². The van der Waals surface area contributed by atoms with Gasteiger partial charge in [-0.25, -0.2) is 9.67 Å². The normalized spacial score (nSPS) is 15.0. The molecule has 1 fully saturated rings. The van der Waals surface area contributed by atoms with Crippen LogP contribution >= 0.6 is 0 Å². The van der Waals surface area contributed by atoms with E-state index >= 15 is 0 Å². The van der Waals surface area contributed by atoms with Crippen molar-refractivity contribution < 1.29 is 9.53 Å². The van der Waals surface area contributed by atoms with Crippen molar-refractivity contribution in [2.75, 3.05) is 23.8 Å². The molecule has 1 saturated heterocycles. The summed E-state index contributed by atoms with van der Waals surface area (Å²) in [6.45, 7) is 4.20. The number of ether oxygens (including phenoxy) is 1. The number of carbonyl (C=O) groups excluding carboxylic acids is 1. The van der Waals surface area contributed by atoms with Crippen LogP contribution in [0.2, 0.25) is 0 Å². The highest BCUT2D eigenvalue weighted by Crippen LogP contribution is 2.29. The largest absolute Gasteiger partial charge is 0.381 e. The molecule has 0 radical (unpaired) electrons. The van der Waals surface area contributed by atoms with Gasteiger partial charge in [0.1, 0.15) is 0 Å².